The molecular weight excluding hydrogens is 300 g/mol. The predicted octanol–water partition coefficient (Wildman–Crippen LogP) is 2.06. The van der Waals surface area contributed by atoms with Crippen molar-refractivity contribution in [1.29, 1.82) is 0 Å². The number of rotatable bonds is 7. The molecule has 0 spiro atoms. The summed E-state index contributed by atoms with van der Waals surface area (Å²) in [6, 6.07) is 4.04. The van der Waals surface area contributed by atoms with Gasteiger partial charge in [-0.3, -0.25) is 9.59 Å². The van der Waals surface area contributed by atoms with Crippen LogP contribution in [0.5, 0.6) is 0 Å². The van der Waals surface area contributed by atoms with Crippen LogP contribution in [0.1, 0.15) is 31.2 Å². The Kier molecular flexibility index (Phi) is 5.97. The number of carbonyl (C=O) groups is 2. The smallest absolute Gasteiger partial charge is 0.225 e. The monoisotopic (exact) mass is 324 g/mol. The minimum absolute atomic E-state index is 0.00984. The van der Waals surface area contributed by atoms with Crippen LogP contribution in [0.15, 0.2) is 17.5 Å². The molecule has 0 aromatic carbocycles. The fraction of sp³-hybridized carbons (Fsp3) is 0.625. The Morgan fingerprint density at radius 1 is 1.55 bits per heavy atom. The maximum absolute atomic E-state index is 12.5. The third-order valence-electron chi connectivity index (χ3n) is 3.96. The first-order valence-corrected chi connectivity index (χ1v) is 8.51. The maximum Gasteiger partial charge on any atom is 0.225 e. The lowest BCUT2D eigenvalue weighted by Gasteiger charge is -2.23. The molecule has 0 aliphatic carbocycles. The molecule has 2 atom stereocenters. The Morgan fingerprint density at radius 2 is 2.32 bits per heavy atom. The standard InChI is InChI=1S/C16H24N2O3S/c1-11(2)15(13-5-4-8-22-13)17-16(20)12-9-14(19)18(10-12)6-7-21-3/h4-5,8,11-12,15H,6-7,9-10H2,1-3H3,(H,17,20). The number of ether oxygens (including phenoxy) is 1. The van der Waals surface area contributed by atoms with Crippen LogP contribution in [-0.2, 0) is 14.3 Å². The molecule has 2 amide bonds. The van der Waals surface area contributed by atoms with Gasteiger partial charge in [-0.15, -0.1) is 11.3 Å². The van der Waals surface area contributed by atoms with E-state index >= 15 is 0 Å². The van der Waals surface area contributed by atoms with Crippen LogP contribution in [-0.4, -0.2) is 43.5 Å². The first-order valence-electron chi connectivity index (χ1n) is 7.63. The summed E-state index contributed by atoms with van der Waals surface area (Å²) in [5, 5.41) is 5.14. The summed E-state index contributed by atoms with van der Waals surface area (Å²) in [5.74, 6) is 0.0599. The number of thiophene rings is 1. The second-order valence-electron chi connectivity index (χ2n) is 5.98. The molecule has 0 radical (unpaired) electrons. The van der Waals surface area contributed by atoms with Crippen LogP contribution in [0.4, 0.5) is 0 Å². The molecule has 2 heterocycles. The molecule has 0 bridgehead atoms. The number of likely N-dealkylation sites (tertiary alicyclic amines) is 1. The van der Waals surface area contributed by atoms with Crippen molar-refractivity contribution in [2.45, 2.75) is 26.3 Å². The van der Waals surface area contributed by atoms with Gasteiger partial charge in [-0.1, -0.05) is 19.9 Å². The van der Waals surface area contributed by atoms with Crippen molar-refractivity contribution in [1.82, 2.24) is 10.2 Å². The van der Waals surface area contributed by atoms with E-state index in [1.165, 1.54) is 0 Å². The van der Waals surface area contributed by atoms with E-state index in [0.29, 0.717) is 32.0 Å². The highest BCUT2D eigenvalue weighted by Gasteiger charge is 2.35. The number of carbonyl (C=O) groups excluding carboxylic acids is 2. The molecule has 122 valence electrons. The van der Waals surface area contributed by atoms with Crippen molar-refractivity contribution in [3.05, 3.63) is 22.4 Å². The van der Waals surface area contributed by atoms with Crippen molar-refractivity contribution in [2.75, 3.05) is 26.8 Å². The quantitative estimate of drug-likeness (QED) is 0.835. The fourth-order valence-electron chi connectivity index (χ4n) is 2.67. The van der Waals surface area contributed by atoms with Gasteiger partial charge in [0.15, 0.2) is 0 Å². The topological polar surface area (TPSA) is 58.6 Å². The molecule has 22 heavy (non-hydrogen) atoms. The molecule has 1 aliphatic rings. The van der Waals surface area contributed by atoms with Gasteiger partial charge < -0.3 is 15.0 Å². The summed E-state index contributed by atoms with van der Waals surface area (Å²) < 4.78 is 5.00. The Bertz CT molecular complexity index is 501. The van der Waals surface area contributed by atoms with E-state index in [-0.39, 0.29) is 23.8 Å². The first-order chi connectivity index (χ1) is 10.5. The average Bonchev–Trinajstić information content (AvgIpc) is 3.11. The summed E-state index contributed by atoms with van der Waals surface area (Å²) in [7, 11) is 1.61. The van der Waals surface area contributed by atoms with Crippen molar-refractivity contribution < 1.29 is 14.3 Å². The van der Waals surface area contributed by atoms with Crippen LogP contribution in [0.25, 0.3) is 0 Å². The van der Waals surface area contributed by atoms with E-state index in [0.717, 1.165) is 4.88 Å². The lowest BCUT2D eigenvalue weighted by Crippen LogP contribution is -2.37. The molecule has 1 aromatic heterocycles. The Labute approximate surface area is 135 Å². The highest BCUT2D eigenvalue weighted by molar-refractivity contribution is 7.10. The normalized spacial score (nSPS) is 19.7. The lowest BCUT2D eigenvalue weighted by atomic mass is 10.0. The number of methoxy groups -OCH3 is 1. The number of nitrogens with zero attached hydrogens (tertiary/aromatic N) is 1. The third kappa shape index (κ3) is 4.08. The number of amides is 2. The van der Waals surface area contributed by atoms with Gasteiger partial charge in [-0.2, -0.15) is 0 Å². The zero-order valence-corrected chi connectivity index (χ0v) is 14.2. The number of hydrogen-bond acceptors (Lipinski definition) is 4. The summed E-state index contributed by atoms with van der Waals surface area (Å²) >= 11 is 1.65. The molecule has 6 heteroatoms. The molecule has 1 N–H and O–H groups in total. The van der Waals surface area contributed by atoms with Crippen molar-refractivity contribution in [3.8, 4) is 0 Å². The van der Waals surface area contributed by atoms with Gasteiger partial charge in [0.1, 0.15) is 0 Å². The molecule has 0 saturated carbocycles. The molecule has 5 nitrogen and oxygen atoms in total. The Hall–Kier alpha value is -1.40. The lowest BCUT2D eigenvalue weighted by molar-refractivity contribution is -0.129. The molecular formula is C16H24N2O3S. The highest BCUT2D eigenvalue weighted by Crippen LogP contribution is 2.27. The van der Waals surface area contributed by atoms with E-state index in [9.17, 15) is 9.59 Å². The largest absolute Gasteiger partial charge is 0.383 e. The summed E-state index contributed by atoms with van der Waals surface area (Å²) in [6.07, 6.45) is 0.296. The van der Waals surface area contributed by atoms with Crippen molar-refractivity contribution >= 4 is 23.2 Å². The van der Waals surface area contributed by atoms with Crippen molar-refractivity contribution in [3.63, 3.8) is 0 Å². The van der Waals surface area contributed by atoms with E-state index in [1.807, 2.05) is 17.5 Å². The fourth-order valence-corrected chi connectivity index (χ4v) is 3.62. The first kappa shape index (κ1) is 17.0. The summed E-state index contributed by atoms with van der Waals surface area (Å²) in [5.41, 5.74) is 0. The van der Waals surface area contributed by atoms with E-state index in [4.69, 9.17) is 4.74 Å². The Balaban J connectivity index is 1.95. The highest BCUT2D eigenvalue weighted by atomic mass is 32.1. The van der Waals surface area contributed by atoms with Crippen molar-refractivity contribution in [2.24, 2.45) is 11.8 Å². The SMILES string of the molecule is COCCN1CC(C(=O)NC(c2cccs2)C(C)C)CC1=O. The molecule has 1 aliphatic heterocycles. The molecule has 2 rings (SSSR count). The maximum atomic E-state index is 12.5. The van der Waals surface area contributed by atoms with Gasteiger partial charge in [-0.05, 0) is 17.4 Å². The van der Waals surface area contributed by atoms with E-state index in [2.05, 4.69) is 19.2 Å². The minimum Gasteiger partial charge on any atom is -0.383 e. The molecule has 1 fully saturated rings. The van der Waals surface area contributed by atoms with Crippen LogP contribution in [0.3, 0.4) is 0 Å². The van der Waals surface area contributed by atoms with Gasteiger partial charge in [0.05, 0.1) is 18.6 Å². The summed E-state index contributed by atoms with van der Waals surface area (Å²) in [4.78, 5) is 27.3. The van der Waals surface area contributed by atoms with Crippen LogP contribution in [0.2, 0.25) is 0 Å². The van der Waals surface area contributed by atoms with Crippen LogP contribution >= 0.6 is 11.3 Å². The third-order valence-corrected chi connectivity index (χ3v) is 4.92. The van der Waals surface area contributed by atoms with Gasteiger partial charge in [0, 0.05) is 31.5 Å². The number of nitrogens with one attached hydrogen (secondary N) is 1. The van der Waals surface area contributed by atoms with Crippen LogP contribution < -0.4 is 5.32 Å². The summed E-state index contributed by atoms with van der Waals surface area (Å²) in [6.45, 7) is 5.73. The molecule has 1 aromatic rings. The zero-order valence-electron chi connectivity index (χ0n) is 13.4. The van der Waals surface area contributed by atoms with Gasteiger partial charge in [0.2, 0.25) is 11.8 Å². The van der Waals surface area contributed by atoms with E-state index in [1.54, 1.807) is 23.3 Å². The van der Waals surface area contributed by atoms with E-state index < -0.39 is 0 Å². The second-order valence-corrected chi connectivity index (χ2v) is 6.96. The molecule has 2 unspecified atom stereocenters. The Morgan fingerprint density at radius 3 is 2.91 bits per heavy atom. The van der Waals surface area contributed by atoms with Crippen LogP contribution in [0, 0.1) is 11.8 Å². The predicted molar refractivity (Wildman–Crippen MR) is 86.6 cm³/mol. The molecule has 1 saturated heterocycles. The van der Waals surface area contributed by atoms with Gasteiger partial charge >= 0.3 is 0 Å². The zero-order chi connectivity index (χ0) is 16.1. The second kappa shape index (κ2) is 7.74. The number of hydrogen-bond donors (Lipinski definition) is 1. The van der Waals surface area contributed by atoms with Gasteiger partial charge in [-0.25, -0.2) is 0 Å². The average molecular weight is 324 g/mol. The minimum atomic E-state index is -0.259. The van der Waals surface area contributed by atoms with Gasteiger partial charge in [0.25, 0.3) is 0 Å².